The number of alkyl halides is 1. The van der Waals surface area contributed by atoms with E-state index in [9.17, 15) is 8.78 Å². The molecule has 2 aromatic rings. The molecule has 0 amide bonds. The molecular weight excluding hydrogens is 334 g/mol. The lowest BCUT2D eigenvalue weighted by molar-refractivity contribution is 0.581. The average molecular weight is 344 g/mol. The van der Waals surface area contributed by atoms with Crippen LogP contribution in [0.5, 0.6) is 0 Å². The van der Waals surface area contributed by atoms with Gasteiger partial charge in [0.15, 0.2) is 0 Å². The van der Waals surface area contributed by atoms with Gasteiger partial charge in [-0.05, 0) is 35.4 Å². The molecule has 0 nitrogen and oxygen atoms in total. The zero-order valence-electron chi connectivity index (χ0n) is 9.84. The van der Waals surface area contributed by atoms with Crippen LogP contribution in [0, 0.1) is 11.6 Å². The van der Waals surface area contributed by atoms with Gasteiger partial charge in [0.1, 0.15) is 11.6 Å². The Morgan fingerprint density at radius 2 is 1.89 bits per heavy atom. The van der Waals surface area contributed by atoms with Crippen LogP contribution < -0.4 is 0 Å². The minimum atomic E-state index is -0.590. The summed E-state index contributed by atoms with van der Waals surface area (Å²) in [5, 5.41) is 1.03. The molecule has 2 rings (SSSR count). The molecule has 0 saturated heterocycles. The van der Waals surface area contributed by atoms with Gasteiger partial charge in [-0.15, -0.1) is 0 Å². The van der Waals surface area contributed by atoms with Crippen molar-refractivity contribution in [2.24, 2.45) is 0 Å². The van der Waals surface area contributed by atoms with E-state index in [0.29, 0.717) is 21.5 Å². The van der Waals surface area contributed by atoms with E-state index in [-0.39, 0.29) is 0 Å². The van der Waals surface area contributed by atoms with Crippen LogP contribution in [-0.2, 0) is 0 Å². The third-order valence-corrected chi connectivity index (χ3v) is 3.60. The maximum atomic E-state index is 13.8. The molecule has 0 aromatic heterocycles. The first-order chi connectivity index (χ1) is 9.11. The Morgan fingerprint density at radius 3 is 2.53 bits per heavy atom. The van der Waals surface area contributed by atoms with E-state index in [2.05, 4.69) is 15.9 Å². The van der Waals surface area contributed by atoms with Crippen molar-refractivity contribution in [1.29, 1.82) is 0 Å². The summed E-state index contributed by atoms with van der Waals surface area (Å²) in [4.78, 5) is 0. The average Bonchev–Trinajstić information content (AvgIpc) is 2.39. The number of allylic oxidation sites excluding steroid dienone is 1. The van der Waals surface area contributed by atoms with Crippen LogP contribution in [0.15, 0.2) is 42.5 Å². The molecule has 2 aromatic carbocycles. The van der Waals surface area contributed by atoms with Gasteiger partial charge in [0.2, 0.25) is 0 Å². The lowest BCUT2D eigenvalue weighted by Gasteiger charge is -2.07. The number of benzene rings is 2. The molecule has 0 saturated carbocycles. The standard InChI is InChI=1S/C15H10BrClF2/c16-9-11(7-10-3-1-2-4-14(10)17)13-6-5-12(18)8-15(13)19/h1-8H,9H2/b11-7+. The first-order valence-corrected chi connectivity index (χ1v) is 7.08. The predicted octanol–water partition coefficient (Wildman–Crippen LogP) is 5.55. The summed E-state index contributed by atoms with van der Waals surface area (Å²) in [5.74, 6) is -1.18. The molecule has 0 N–H and O–H groups in total. The van der Waals surface area contributed by atoms with Gasteiger partial charge in [-0.25, -0.2) is 8.78 Å². The van der Waals surface area contributed by atoms with Crippen LogP contribution in [0.25, 0.3) is 11.6 Å². The molecule has 0 heterocycles. The lowest BCUT2D eigenvalue weighted by Crippen LogP contribution is -1.92. The maximum Gasteiger partial charge on any atom is 0.133 e. The van der Waals surface area contributed by atoms with Crippen LogP contribution >= 0.6 is 27.5 Å². The Labute approximate surface area is 123 Å². The van der Waals surface area contributed by atoms with Gasteiger partial charge in [0.05, 0.1) is 0 Å². The molecule has 0 unspecified atom stereocenters. The summed E-state index contributed by atoms with van der Waals surface area (Å²) >= 11 is 9.38. The minimum Gasteiger partial charge on any atom is -0.207 e. The van der Waals surface area contributed by atoms with Crippen molar-refractivity contribution in [2.45, 2.75) is 0 Å². The van der Waals surface area contributed by atoms with E-state index in [1.165, 1.54) is 12.1 Å². The van der Waals surface area contributed by atoms with Gasteiger partial charge in [-0.1, -0.05) is 45.7 Å². The molecule has 0 spiro atoms. The Bertz CT molecular complexity index is 623. The summed E-state index contributed by atoms with van der Waals surface area (Å²) in [5.41, 5.74) is 1.85. The fourth-order valence-corrected chi connectivity index (χ4v) is 2.37. The zero-order valence-corrected chi connectivity index (χ0v) is 12.2. The summed E-state index contributed by atoms with van der Waals surface area (Å²) in [6.07, 6.45) is 1.79. The highest BCUT2D eigenvalue weighted by Crippen LogP contribution is 2.26. The molecular formula is C15H10BrClF2. The maximum absolute atomic E-state index is 13.8. The third kappa shape index (κ3) is 3.43. The van der Waals surface area contributed by atoms with Crippen LogP contribution in [0.1, 0.15) is 11.1 Å². The molecule has 0 fully saturated rings. The molecule has 4 heteroatoms. The largest absolute Gasteiger partial charge is 0.207 e. The molecule has 0 atom stereocenters. The summed E-state index contributed by atoms with van der Waals surface area (Å²) < 4.78 is 26.7. The van der Waals surface area contributed by atoms with E-state index >= 15 is 0 Å². The second kappa shape index (κ2) is 6.31. The van der Waals surface area contributed by atoms with Crippen molar-refractivity contribution in [1.82, 2.24) is 0 Å². The van der Waals surface area contributed by atoms with Crippen molar-refractivity contribution in [3.05, 3.63) is 70.2 Å². The van der Waals surface area contributed by atoms with Crippen LogP contribution in [0.2, 0.25) is 5.02 Å². The second-order valence-corrected chi connectivity index (χ2v) is 4.92. The highest BCUT2D eigenvalue weighted by Gasteiger charge is 2.09. The van der Waals surface area contributed by atoms with Gasteiger partial charge < -0.3 is 0 Å². The van der Waals surface area contributed by atoms with E-state index in [0.717, 1.165) is 11.6 Å². The van der Waals surface area contributed by atoms with E-state index in [4.69, 9.17) is 11.6 Å². The van der Waals surface area contributed by atoms with Gasteiger partial charge in [-0.3, -0.25) is 0 Å². The SMILES string of the molecule is Fc1ccc(/C(=C/c2ccccc2Cl)CBr)c(F)c1. The van der Waals surface area contributed by atoms with Gasteiger partial charge in [0.25, 0.3) is 0 Å². The van der Waals surface area contributed by atoms with Crippen LogP contribution in [0.3, 0.4) is 0 Å². The first-order valence-electron chi connectivity index (χ1n) is 5.58. The normalized spacial score (nSPS) is 11.7. The number of halogens is 4. The third-order valence-electron chi connectivity index (χ3n) is 2.66. The quantitative estimate of drug-likeness (QED) is 0.506. The van der Waals surface area contributed by atoms with Gasteiger partial charge >= 0.3 is 0 Å². The number of hydrogen-bond acceptors (Lipinski definition) is 0. The molecule has 0 bridgehead atoms. The van der Waals surface area contributed by atoms with Crippen LogP contribution in [-0.4, -0.2) is 5.33 Å². The molecule has 19 heavy (non-hydrogen) atoms. The first kappa shape index (κ1) is 14.2. The highest BCUT2D eigenvalue weighted by atomic mass is 79.9. The van der Waals surface area contributed by atoms with E-state index in [1.54, 1.807) is 12.1 Å². The minimum absolute atomic E-state index is 0.359. The zero-order chi connectivity index (χ0) is 13.8. The fourth-order valence-electron chi connectivity index (χ4n) is 1.72. The number of rotatable bonds is 3. The van der Waals surface area contributed by atoms with Crippen LogP contribution in [0.4, 0.5) is 8.78 Å². The Morgan fingerprint density at radius 1 is 1.16 bits per heavy atom. The molecule has 0 radical (unpaired) electrons. The Balaban J connectivity index is 2.48. The Hall–Kier alpha value is -1.19. The molecule has 0 aliphatic rings. The lowest BCUT2D eigenvalue weighted by atomic mass is 10.0. The number of hydrogen-bond donors (Lipinski definition) is 0. The predicted molar refractivity (Wildman–Crippen MR) is 79.5 cm³/mol. The van der Waals surface area contributed by atoms with Crippen molar-refractivity contribution in [3.8, 4) is 0 Å². The monoisotopic (exact) mass is 342 g/mol. The smallest absolute Gasteiger partial charge is 0.133 e. The molecule has 98 valence electrons. The van der Waals surface area contributed by atoms with Crippen molar-refractivity contribution >= 4 is 39.2 Å². The van der Waals surface area contributed by atoms with Gasteiger partial charge in [0, 0.05) is 22.0 Å². The fraction of sp³-hybridized carbons (Fsp3) is 0.0667. The molecule has 0 aliphatic heterocycles. The van der Waals surface area contributed by atoms with Crippen molar-refractivity contribution in [2.75, 3.05) is 5.33 Å². The topological polar surface area (TPSA) is 0 Å². The highest BCUT2D eigenvalue weighted by molar-refractivity contribution is 9.09. The van der Waals surface area contributed by atoms with E-state index in [1.807, 2.05) is 18.2 Å². The summed E-state index contributed by atoms with van der Waals surface area (Å²) in [6.45, 7) is 0. The van der Waals surface area contributed by atoms with E-state index < -0.39 is 11.6 Å². The van der Waals surface area contributed by atoms with Gasteiger partial charge in [-0.2, -0.15) is 0 Å². The second-order valence-electron chi connectivity index (χ2n) is 3.95. The van der Waals surface area contributed by atoms with Crippen molar-refractivity contribution in [3.63, 3.8) is 0 Å². The van der Waals surface area contributed by atoms with Crippen molar-refractivity contribution < 1.29 is 8.78 Å². The Kier molecular flexibility index (Phi) is 4.72. The summed E-state index contributed by atoms with van der Waals surface area (Å²) in [7, 11) is 0. The molecule has 0 aliphatic carbocycles. The summed E-state index contributed by atoms with van der Waals surface area (Å²) in [6, 6.07) is 10.8.